The zero-order valence-electron chi connectivity index (χ0n) is 5.44. The highest BCUT2D eigenvalue weighted by atomic mass is 35.5. The topological polar surface area (TPSA) is 52.0 Å². The van der Waals surface area contributed by atoms with Gasteiger partial charge in [-0.05, 0) is 25.9 Å². The number of hydrogen-bond acceptors (Lipinski definition) is 2. The summed E-state index contributed by atoms with van der Waals surface area (Å²) in [4.78, 5) is 0. The normalized spacial score (nSPS) is 12.1. The molecule has 0 atom stereocenters. The molecule has 0 saturated carbocycles. The average molecular weight is 149 g/mol. The van der Waals surface area contributed by atoms with Crippen LogP contribution < -0.4 is 11.5 Å². The SMILES string of the molecule is NCC/C=C(\Cl)CCN. The van der Waals surface area contributed by atoms with E-state index >= 15 is 0 Å². The Bertz CT molecular complexity index is 91.1. The van der Waals surface area contributed by atoms with Crippen LogP contribution in [0.4, 0.5) is 0 Å². The molecule has 0 aromatic rings. The molecule has 0 aliphatic rings. The lowest BCUT2D eigenvalue weighted by atomic mass is 10.3. The standard InChI is InChI=1S/C6H13ClN2/c7-6(3-5-9)2-1-4-8/h2H,1,3-5,8-9H2/b6-2-. The first-order chi connectivity index (χ1) is 4.31. The van der Waals surface area contributed by atoms with E-state index in [0.717, 1.165) is 17.9 Å². The third-order valence-corrected chi connectivity index (χ3v) is 1.26. The van der Waals surface area contributed by atoms with E-state index in [-0.39, 0.29) is 0 Å². The molecule has 9 heavy (non-hydrogen) atoms. The lowest BCUT2D eigenvalue weighted by Gasteiger charge is -1.92. The molecule has 0 heterocycles. The van der Waals surface area contributed by atoms with Crippen molar-refractivity contribution in [2.24, 2.45) is 11.5 Å². The minimum Gasteiger partial charge on any atom is -0.330 e. The molecule has 0 amide bonds. The maximum Gasteiger partial charge on any atom is 0.0154 e. The van der Waals surface area contributed by atoms with Crippen molar-refractivity contribution < 1.29 is 0 Å². The largest absolute Gasteiger partial charge is 0.330 e. The first-order valence-corrected chi connectivity index (χ1v) is 3.43. The van der Waals surface area contributed by atoms with E-state index in [0.29, 0.717) is 13.1 Å². The summed E-state index contributed by atoms with van der Waals surface area (Å²) in [6, 6.07) is 0. The van der Waals surface area contributed by atoms with E-state index in [9.17, 15) is 0 Å². The zero-order chi connectivity index (χ0) is 7.11. The molecule has 54 valence electrons. The van der Waals surface area contributed by atoms with Crippen molar-refractivity contribution in [1.82, 2.24) is 0 Å². The fourth-order valence-corrected chi connectivity index (χ4v) is 0.698. The Hall–Kier alpha value is -0.0500. The van der Waals surface area contributed by atoms with Crippen molar-refractivity contribution in [3.05, 3.63) is 11.1 Å². The van der Waals surface area contributed by atoms with E-state index < -0.39 is 0 Å². The van der Waals surface area contributed by atoms with Gasteiger partial charge in [0.05, 0.1) is 0 Å². The summed E-state index contributed by atoms with van der Waals surface area (Å²) < 4.78 is 0. The lowest BCUT2D eigenvalue weighted by molar-refractivity contribution is 0.958. The van der Waals surface area contributed by atoms with Gasteiger partial charge in [0.2, 0.25) is 0 Å². The maximum atomic E-state index is 5.69. The monoisotopic (exact) mass is 148 g/mol. The highest BCUT2D eigenvalue weighted by Gasteiger charge is 1.86. The van der Waals surface area contributed by atoms with E-state index in [1.807, 2.05) is 6.08 Å². The average Bonchev–Trinajstić information content (AvgIpc) is 1.85. The minimum absolute atomic E-state index is 0.611. The lowest BCUT2D eigenvalue weighted by Crippen LogP contribution is -1.99. The van der Waals surface area contributed by atoms with Crippen LogP contribution in [0.5, 0.6) is 0 Å². The predicted octanol–water partition coefficient (Wildman–Crippen LogP) is 0.807. The van der Waals surface area contributed by atoms with Crippen LogP contribution in [-0.4, -0.2) is 13.1 Å². The number of rotatable bonds is 4. The second-order valence-corrected chi connectivity index (χ2v) is 2.25. The van der Waals surface area contributed by atoms with Crippen molar-refractivity contribution in [3.63, 3.8) is 0 Å². The molecule has 0 fully saturated rings. The molecule has 0 saturated heterocycles. The third-order valence-electron chi connectivity index (χ3n) is 0.916. The summed E-state index contributed by atoms with van der Waals surface area (Å²) in [5.74, 6) is 0. The number of hydrogen-bond donors (Lipinski definition) is 2. The third kappa shape index (κ3) is 5.83. The Labute approximate surface area is 60.9 Å². The van der Waals surface area contributed by atoms with Crippen LogP contribution in [-0.2, 0) is 0 Å². The predicted molar refractivity (Wildman–Crippen MR) is 41.3 cm³/mol. The van der Waals surface area contributed by atoms with Gasteiger partial charge in [0.15, 0.2) is 0 Å². The summed E-state index contributed by atoms with van der Waals surface area (Å²) in [7, 11) is 0. The van der Waals surface area contributed by atoms with Crippen molar-refractivity contribution in [2.45, 2.75) is 12.8 Å². The van der Waals surface area contributed by atoms with Crippen molar-refractivity contribution in [2.75, 3.05) is 13.1 Å². The first-order valence-electron chi connectivity index (χ1n) is 3.06. The van der Waals surface area contributed by atoms with Crippen LogP contribution in [0.1, 0.15) is 12.8 Å². The van der Waals surface area contributed by atoms with Crippen LogP contribution in [0.3, 0.4) is 0 Å². The molecule has 0 aliphatic heterocycles. The van der Waals surface area contributed by atoms with Gasteiger partial charge in [-0.2, -0.15) is 0 Å². The van der Waals surface area contributed by atoms with Gasteiger partial charge in [-0.25, -0.2) is 0 Å². The van der Waals surface area contributed by atoms with Crippen LogP contribution in [0.2, 0.25) is 0 Å². The quantitative estimate of drug-likeness (QED) is 0.620. The molecular formula is C6H13ClN2. The van der Waals surface area contributed by atoms with E-state index in [4.69, 9.17) is 23.1 Å². The molecule has 0 radical (unpaired) electrons. The summed E-state index contributed by atoms with van der Waals surface area (Å²) >= 11 is 5.69. The molecule has 0 bridgehead atoms. The highest BCUT2D eigenvalue weighted by Crippen LogP contribution is 2.05. The Morgan fingerprint density at radius 3 is 2.44 bits per heavy atom. The van der Waals surface area contributed by atoms with Gasteiger partial charge >= 0.3 is 0 Å². The fraction of sp³-hybridized carbons (Fsp3) is 0.667. The Morgan fingerprint density at radius 2 is 2.00 bits per heavy atom. The zero-order valence-corrected chi connectivity index (χ0v) is 6.19. The molecular weight excluding hydrogens is 136 g/mol. The molecule has 0 aliphatic carbocycles. The smallest absolute Gasteiger partial charge is 0.0154 e. The van der Waals surface area contributed by atoms with Crippen LogP contribution in [0.25, 0.3) is 0 Å². The number of nitrogens with two attached hydrogens (primary N) is 2. The van der Waals surface area contributed by atoms with Crippen molar-refractivity contribution >= 4 is 11.6 Å². The molecule has 0 aromatic heterocycles. The van der Waals surface area contributed by atoms with E-state index in [1.165, 1.54) is 0 Å². The molecule has 2 nitrogen and oxygen atoms in total. The van der Waals surface area contributed by atoms with Gasteiger partial charge in [0, 0.05) is 5.03 Å². The minimum atomic E-state index is 0.611. The molecule has 4 N–H and O–H groups in total. The van der Waals surface area contributed by atoms with Crippen LogP contribution in [0.15, 0.2) is 11.1 Å². The second-order valence-electron chi connectivity index (χ2n) is 1.77. The molecule has 3 heteroatoms. The van der Waals surface area contributed by atoms with Crippen LogP contribution in [0, 0.1) is 0 Å². The Balaban J connectivity index is 3.30. The second kappa shape index (κ2) is 6.08. The van der Waals surface area contributed by atoms with Crippen molar-refractivity contribution in [1.29, 1.82) is 0 Å². The first kappa shape index (κ1) is 8.95. The molecule has 0 aromatic carbocycles. The van der Waals surface area contributed by atoms with Crippen molar-refractivity contribution in [3.8, 4) is 0 Å². The van der Waals surface area contributed by atoms with Crippen LogP contribution >= 0.6 is 11.6 Å². The molecule has 0 unspecified atom stereocenters. The van der Waals surface area contributed by atoms with Gasteiger partial charge in [0.25, 0.3) is 0 Å². The Kier molecular flexibility index (Phi) is 6.04. The summed E-state index contributed by atoms with van der Waals surface area (Å²) in [6.07, 6.45) is 3.52. The summed E-state index contributed by atoms with van der Waals surface area (Å²) in [5.41, 5.74) is 10.5. The summed E-state index contributed by atoms with van der Waals surface area (Å²) in [6.45, 7) is 1.26. The van der Waals surface area contributed by atoms with Gasteiger partial charge < -0.3 is 11.5 Å². The maximum absolute atomic E-state index is 5.69. The Morgan fingerprint density at radius 1 is 1.33 bits per heavy atom. The number of halogens is 1. The van der Waals surface area contributed by atoms with Gasteiger partial charge in [-0.3, -0.25) is 0 Å². The van der Waals surface area contributed by atoms with Gasteiger partial charge in [-0.15, -0.1) is 0 Å². The van der Waals surface area contributed by atoms with Gasteiger partial charge in [-0.1, -0.05) is 17.7 Å². The highest BCUT2D eigenvalue weighted by molar-refractivity contribution is 6.29. The van der Waals surface area contributed by atoms with E-state index in [2.05, 4.69) is 0 Å². The fourth-order valence-electron chi connectivity index (χ4n) is 0.480. The van der Waals surface area contributed by atoms with E-state index in [1.54, 1.807) is 0 Å². The van der Waals surface area contributed by atoms with Gasteiger partial charge in [0.1, 0.15) is 0 Å². The molecule has 0 rings (SSSR count). The summed E-state index contributed by atoms with van der Waals surface area (Å²) in [5, 5.41) is 0.822. The molecule has 0 spiro atoms.